The quantitative estimate of drug-likeness (QED) is 0.540. The summed E-state index contributed by atoms with van der Waals surface area (Å²) < 4.78 is 46.5. The van der Waals surface area contributed by atoms with Gasteiger partial charge in [0.1, 0.15) is 5.75 Å². The molecule has 0 saturated heterocycles. The number of nitro benzene ring substituents is 1. The van der Waals surface area contributed by atoms with E-state index in [2.05, 4.69) is 9.71 Å². The van der Waals surface area contributed by atoms with Crippen LogP contribution in [0.25, 0.3) is 10.8 Å². The maximum atomic E-state index is 13.7. The van der Waals surface area contributed by atoms with Crippen molar-refractivity contribution in [1.29, 1.82) is 0 Å². The number of fused-ring (bicyclic) bond motifs is 1. The van der Waals surface area contributed by atoms with E-state index in [9.17, 15) is 22.9 Å². The van der Waals surface area contributed by atoms with E-state index >= 15 is 0 Å². The number of rotatable bonds is 5. The van der Waals surface area contributed by atoms with Crippen molar-refractivity contribution in [1.82, 2.24) is 4.98 Å². The van der Waals surface area contributed by atoms with Crippen LogP contribution in [0.4, 0.5) is 15.8 Å². The molecular formula is C16H12FN3O5S. The predicted molar refractivity (Wildman–Crippen MR) is 92.2 cm³/mol. The van der Waals surface area contributed by atoms with E-state index in [-0.39, 0.29) is 16.3 Å². The molecule has 0 aliphatic carbocycles. The number of anilines is 1. The molecule has 0 spiro atoms. The first-order chi connectivity index (χ1) is 12.3. The zero-order valence-corrected chi connectivity index (χ0v) is 14.2. The monoisotopic (exact) mass is 377 g/mol. The number of benzene rings is 2. The zero-order chi connectivity index (χ0) is 18.9. The molecule has 134 valence electrons. The fourth-order valence-electron chi connectivity index (χ4n) is 2.45. The fraction of sp³-hybridized carbons (Fsp3) is 0.0625. The minimum Gasteiger partial charge on any atom is -0.494 e. The van der Waals surface area contributed by atoms with Gasteiger partial charge in [-0.25, -0.2) is 8.42 Å². The van der Waals surface area contributed by atoms with Crippen LogP contribution in [0.5, 0.6) is 5.75 Å². The molecule has 2 aromatic carbocycles. The highest BCUT2D eigenvalue weighted by Gasteiger charge is 2.24. The lowest BCUT2D eigenvalue weighted by Gasteiger charge is -2.13. The van der Waals surface area contributed by atoms with Gasteiger partial charge in [0.25, 0.3) is 10.0 Å². The fourth-order valence-corrected chi connectivity index (χ4v) is 3.73. The lowest BCUT2D eigenvalue weighted by atomic mass is 10.2. The Bertz CT molecular complexity index is 1110. The number of nitro groups is 1. The molecule has 8 nitrogen and oxygen atoms in total. The van der Waals surface area contributed by atoms with Crippen LogP contribution in [-0.2, 0) is 10.0 Å². The van der Waals surface area contributed by atoms with Gasteiger partial charge in [-0.15, -0.1) is 0 Å². The molecule has 0 amide bonds. The van der Waals surface area contributed by atoms with Crippen LogP contribution in [0, 0.1) is 15.9 Å². The Morgan fingerprint density at radius 2 is 2.04 bits per heavy atom. The molecule has 3 rings (SSSR count). The summed E-state index contributed by atoms with van der Waals surface area (Å²) in [5.74, 6) is -1.32. The molecular weight excluding hydrogens is 365 g/mol. The van der Waals surface area contributed by atoms with Gasteiger partial charge in [0.2, 0.25) is 5.82 Å². The van der Waals surface area contributed by atoms with Gasteiger partial charge < -0.3 is 4.74 Å². The van der Waals surface area contributed by atoms with Crippen molar-refractivity contribution in [3.05, 3.63) is 64.7 Å². The number of hydrogen-bond donors (Lipinski definition) is 1. The smallest absolute Gasteiger partial charge is 0.307 e. The standard InChI is InChI=1S/C16H12FN3O5S/c1-25-15-7-12(17)14(20(21)22)8-13(15)19-26(23,24)16-4-2-3-10-5-6-18-9-11(10)16/h2-9,19H,1H3. The van der Waals surface area contributed by atoms with E-state index in [0.29, 0.717) is 10.8 Å². The summed E-state index contributed by atoms with van der Waals surface area (Å²) in [6, 6.07) is 7.82. The van der Waals surface area contributed by atoms with E-state index in [1.165, 1.54) is 25.6 Å². The topological polar surface area (TPSA) is 111 Å². The molecule has 0 saturated carbocycles. The lowest BCUT2D eigenvalue weighted by molar-refractivity contribution is -0.387. The number of halogens is 1. The van der Waals surface area contributed by atoms with Crippen LogP contribution < -0.4 is 9.46 Å². The van der Waals surface area contributed by atoms with Crippen LogP contribution in [0.3, 0.4) is 0 Å². The normalized spacial score (nSPS) is 11.3. The van der Waals surface area contributed by atoms with Crippen molar-refractivity contribution < 1.29 is 22.5 Å². The van der Waals surface area contributed by atoms with Gasteiger partial charge >= 0.3 is 5.69 Å². The molecule has 1 aromatic heterocycles. The van der Waals surface area contributed by atoms with E-state index in [0.717, 1.165) is 12.1 Å². The van der Waals surface area contributed by atoms with Crippen molar-refractivity contribution >= 4 is 32.2 Å². The lowest BCUT2D eigenvalue weighted by Crippen LogP contribution is -2.14. The molecule has 1 N–H and O–H groups in total. The third kappa shape index (κ3) is 3.14. The Labute approximate surface area is 147 Å². The van der Waals surface area contributed by atoms with Gasteiger partial charge in [0, 0.05) is 29.9 Å². The number of hydrogen-bond acceptors (Lipinski definition) is 6. The number of nitrogens with zero attached hydrogens (tertiary/aromatic N) is 2. The highest BCUT2D eigenvalue weighted by Crippen LogP contribution is 2.34. The molecule has 3 aromatic rings. The van der Waals surface area contributed by atoms with Crippen molar-refractivity contribution in [3.63, 3.8) is 0 Å². The first-order valence-electron chi connectivity index (χ1n) is 7.21. The zero-order valence-electron chi connectivity index (χ0n) is 13.3. The number of aromatic nitrogens is 1. The third-order valence-corrected chi connectivity index (χ3v) is 5.07. The Morgan fingerprint density at radius 1 is 1.27 bits per heavy atom. The second kappa shape index (κ2) is 6.56. The van der Waals surface area contributed by atoms with Gasteiger partial charge in [0.15, 0.2) is 0 Å². The molecule has 0 aliphatic heterocycles. The third-order valence-electron chi connectivity index (χ3n) is 3.64. The van der Waals surface area contributed by atoms with Crippen molar-refractivity contribution in [3.8, 4) is 5.75 Å². The minimum atomic E-state index is -4.14. The Balaban J connectivity index is 2.13. The summed E-state index contributed by atoms with van der Waals surface area (Å²) in [5.41, 5.74) is -1.12. The molecule has 10 heteroatoms. The number of nitrogens with one attached hydrogen (secondary N) is 1. The van der Waals surface area contributed by atoms with Crippen molar-refractivity contribution in [2.24, 2.45) is 0 Å². The summed E-state index contributed by atoms with van der Waals surface area (Å²) in [6.45, 7) is 0. The second-order valence-electron chi connectivity index (χ2n) is 5.22. The highest BCUT2D eigenvalue weighted by atomic mass is 32.2. The van der Waals surface area contributed by atoms with Gasteiger partial charge in [-0.1, -0.05) is 12.1 Å². The van der Waals surface area contributed by atoms with Gasteiger partial charge in [-0.2, -0.15) is 4.39 Å². The van der Waals surface area contributed by atoms with Gasteiger partial charge in [-0.3, -0.25) is 19.8 Å². The Morgan fingerprint density at radius 3 is 2.73 bits per heavy atom. The number of sulfonamides is 1. The summed E-state index contributed by atoms with van der Waals surface area (Å²) >= 11 is 0. The first kappa shape index (κ1) is 17.5. The maximum Gasteiger partial charge on any atom is 0.307 e. The van der Waals surface area contributed by atoms with Gasteiger partial charge in [0.05, 0.1) is 22.6 Å². The van der Waals surface area contributed by atoms with Gasteiger partial charge in [-0.05, 0) is 17.5 Å². The Kier molecular flexibility index (Phi) is 4.43. The number of pyridine rings is 1. The largest absolute Gasteiger partial charge is 0.494 e. The molecule has 1 heterocycles. The molecule has 0 aliphatic rings. The highest BCUT2D eigenvalue weighted by molar-refractivity contribution is 7.93. The average Bonchev–Trinajstić information content (AvgIpc) is 2.61. The van der Waals surface area contributed by atoms with Crippen LogP contribution >= 0.6 is 0 Å². The molecule has 0 bridgehead atoms. The van der Waals surface area contributed by atoms with Crippen molar-refractivity contribution in [2.75, 3.05) is 11.8 Å². The average molecular weight is 377 g/mol. The van der Waals surface area contributed by atoms with Crippen molar-refractivity contribution in [2.45, 2.75) is 4.90 Å². The molecule has 26 heavy (non-hydrogen) atoms. The number of methoxy groups -OCH3 is 1. The Hall–Kier alpha value is -3.27. The maximum absolute atomic E-state index is 13.7. The van der Waals surface area contributed by atoms with E-state index in [1.807, 2.05) is 0 Å². The summed E-state index contributed by atoms with van der Waals surface area (Å²) in [6.07, 6.45) is 2.92. The van der Waals surface area contributed by atoms with Crippen LogP contribution in [0.1, 0.15) is 0 Å². The van der Waals surface area contributed by atoms with E-state index < -0.39 is 26.5 Å². The summed E-state index contributed by atoms with van der Waals surface area (Å²) in [7, 11) is -2.95. The van der Waals surface area contributed by atoms with Crippen LogP contribution in [0.15, 0.2) is 53.7 Å². The van der Waals surface area contributed by atoms with E-state index in [1.54, 1.807) is 18.2 Å². The van der Waals surface area contributed by atoms with Crippen LogP contribution in [-0.4, -0.2) is 25.4 Å². The summed E-state index contributed by atoms with van der Waals surface area (Å²) in [4.78, 5) is 13.8. The SMILES string of the molecule is COc1cc(F)c([N+](=O)[O-])cc1NS(=O)(=O)c1cccc2ccncc12. The second-order valence-corrected chi connectivity index (χ2v) is 6.87. The first-order valence-corrected chi connectivity index (χ1v) is 8.69. The predicted octanol–water partition coefficient (Wildman–Crippen LogP) is 3.09. The molecule has 0 radical (unpaired) electrons. The molecule has 0 unspecified atom stereocenters. The molecule has 0 atom stereocenters. The van der Waals surface area contributed by atoms with E-state index in [4.69, 9.17) is 4.74 Å². The van der Waals surface area contributed by atoms with Crippen LogP contribution in [0.2, 0.25) is 0 Å². The minimum absolute atomic E-state index is 0.0721. The molecule has 0 fully saturated rings. The number of ether oxygens (including phenoxy) is 1. The summed E-state index contributed by atoms with van der Waals surface area (Å²) in [5, 5.41) is 11.9.